The van der Waals surface area contributed by atoms with Crippen LogP contribution in [0.1, 0.15) is 27.2 Å². The highest BCUT2D eigenvalue weighted by atomic mass is 16.3. The van der Waals surface area contributed by atoms with E-state index in [0.29, 0.717) is 18.3 Å². The van der Waals surface area contributed by atoms with E-state index in [2.05, 4.69) is 29.1 Å². The second kappa shape index (κ2) is 5.63. The molecule has 0 aliphatic carbocycles. The molecule has 0 aliphatic rings. The number of nitrogens with zero attached hydrogens (tertiary/aromatic N) is 2. The number of nitrogens with one attached hydrogen (secondary N) is 1. The summed E-state index contributed by atoms with van der Waals surface area (Å²) in [6, 6.07) is 7.67. The fourth-order valence-corrected chi connectivity index (χ4v) is 2.46. The monoisotopic (exact) mass is 274 g/mol. The van der Waals surface area contributed by atoms with Crippen LogP contribution in [0.25, 0.3) is 10.9 Å². The van der Waals surface area contributed by atoms with Gasteiger partial charge in [0.15, 0.2) is 0 Å². The van der Waals surface area contributed by atoms with Gasteiger partial charge in [-0.2, -0.15) is 4.98 Å². The second-order valence-electron chi connectivity index (χ2n) is 5.90. The fourth-order valence-electron chi connectivity index (χ4n) is 2.46. The molecule has 20 heavy (non-hydrogen) atoms. The van der Waals surface area contributed by atoms with Gasteiger partial charge < -0.3 is 16.2 Å². The fraction of sp³-hybridized carbons (Fsp3) is 0.467. The van der Waals surface area contributed by atoms with E-state index in [1.807, 2.05) is 31.2 Å². The van der Waals surface area contributed by atoms with Gasteiger partial charge in [0.05, 0.1) is 11.1 Å². The van der Waals surface area contributed by atoms with Crippen molar-refractivity contribution >= 4 is 22.7 Å². The van der Waals surface area contributed by atoms with Crippen molar-refractivity contribution in [2.45, 2.75) is 32.8 Å². The van der Waals surface area contributed by atoms with Crippen molar-refractivity contribution in [1.82, 2.24) is 9.97 Å². The molecular formula is C15H22N4O. The van der Waals surface area contributed by atoms with Crippen LogP contribution in [0.2, 0.25) is 0 Å². The van der Waals surface area contributed by atoms with Crippen LogP contribution in [-0.2, 0) is 0 Å². The Hall–Kier alpha value is -1.88. The first-order valence-corrected chi connectivity index (χ1v) is 6.86. The molecular weight excluding hydrogens is 252 g/mol. The van der Waals surface area contributed by atoms with Crippen LogP contribution in [0.3, 0.4) is 0 Å². The minimum Gasteiger partial charge on any atom is -0.388 e. The lowest BCUT2D eigenvalue weighted by atomic mass is 9.94. The molecule has 0 spiro atoms. The first-order chi connectivity index (χ1) is 9.37. The zero-order valence-electron chi connectivity index (χ0n) is 12.2. The third kappa shape index (κ3) is 3.57. The maximum absolute atomic E-state index is 10.4. The van der Waals surface area contributed by atoms with Crippen LogP contribution in [0.15, 0.2) is 24.3 Å². The average molecular weight is 274 g/mol. The number of anilines is 2. The second-order valence-corrected chi connectivity index (χ2v) is 5.90. The minimum atomic E-state index is -0.783. The molecule has 1 atom stereocenters. The minimum absolute atomic E-state index is 0.231. The van der Waals surface area contributed by atoms with Crippen molar-refractivity contribution in [1.29, 1.82) is 0 Å². The summed E-state index contributed by atoms with van der Waals surface area (Å²) >= 11 is 0. The number of rotatable bonds is 5. The quantitative estimate of drug-likeness (QED) is 0.779. The normalized spacial score (nSPS) is 14.4. The van der Waals surface area contributed by atoms with Gasteiger partial charge in [0.2, 0.25) is 5.95 Å². The van der Waals surface area contributed by atoms with Gasteiger partial charge in [-0.25, -0.2) is 4.98 Å². The summed E-state index contributed by atoms with van der Waals surface area (Å²) in [5.41, 5.74) is 5.73. The molecule has 1 unspecified atom stereocenters. The first-order valence-electron chi connectivity index (χ1n) is 6.86. The van der Waals surface area contributed by atoms with Gasteiger partial charge in [0.1, 0.15) is 5.82 Å². The number of nitrogens with two attached hydrogens (primary N) is 1. The number of aromatic nitrogens is 2. The van der Waals surface area contributed by atoms with E-state index in [1.165, 1.54) is 0 Å². The molecule has 2 rings (SSSR count). The molecule has 0 amide bonds. The van der Waals surface area contributed by atoms with Crippen LogP contribution >= 0.6 is 0 Å². The Balaban J connectivity index is 2.21. The van der Waals surface area contributed by atoms with Gasteiger partial charge in [0.25, 0.3) is 0 Å². The molecule has 0 aliphatic heterocycles. The van der Waals surface area contributed by atoms with Gasteiger partial charge >= 0.3 is 0 Å². The largest absolute Gasteiger partial charge is 0.388 e. The lowest BCUT2D eigenvalue weighted by Crippen LogP contribution is -2.35. The third-order valence-corrected chi connectivity index (χ3v) is 3.11. The lowest BCUT2D eigenvalue weighted by Gasteiger charge is -2.26. The maximum atomic E-state index is 10.4. The molecule has 0 fully saturated rings. The molecule has 1 aromatic carbocycles. The summed E-state index contributed by atoms with van der Waals surface area (Å²) in [4.78, 5) is 8.42. The zero-order chi connectivity index (χ0) is 14.8. The molecule has 5 heteroatoms. The van der Waals surface area contributed by atoms with E-state index in [0.717, 1.165) is 17.3 Å². The van der Waals surface area contributed by atoms with Crippen molar-refractivity contribution in [2.24, 2.45) is 5.92 Å². The SMILES string of the molecule is CC(C)CC(C)(O)CNc1nc(N)nc2ccccc12. The molecule has 0 radical (unpaired) electrons. The van der Waals surface area contributed by atoms with E-state index in [1.54, 1.807) is 0 Å². The smallest absolute Gasteiger partial charge is 0.222 e. The topological polar surface area (TPSA) is 84.1 Å². The number of hydrogen-bond acceptors (Lipinski definition) is 5. The van der Waals surface area contributed by atoms with E-state index in [9.17, 15) is 5.11 Å². The van der Waals surface area contributed by atoms with Crippen molar-refractivity contribution in [3.8, 4) is 0 Å². The van der Waals surface area contributed by atoms with Crippen LogP contribution in [0.5, 0.6) is 0 Å². The number of hydrogen-bond donors (Lipinski definition) is 3. The summed E-state index contributed by atoms with van der Waals surface area (Å²) in [5, 5.41) is 14.4. The number of para-hydroxylation sites is 1. The van der Waals surface area contributed by atoms with Crippen LogP contribution in [0.4, 0.5) is 11.8 Å². The molecule has 0 saturated carbocycles. The molecule has 2 aromatic rings. The highest BCUT2D eigenvalue weighted by molar-refractivity contribution is 5.89. The van der Waals surface area contributed by atoms with Crippen LogP contribution in [0, 0.1) is 5.92 Å². The Morgan fingerprint density at radius 1 is 1.30 bits per heavy atom. The van der Waals surface area contributed by atoms with Crippen molar-refractivity contribution in [3.05, 3.63) is 24.3 Å². The number of benzene rings is 1. The molecule has 0 saturated heterocycles. The molecule has 1 aromatic heterocycles. The summed E-state index contributed by atoms with van der Waals surface area (Å²) in [6.45, 7) is 6.43. The Kier molecular flexibility index (Phi) is 4.09. The summed E-state index contributed by atoms with van der Waals surface area (Å²) < 4.78 is 0. The van der Waals surface area contributed by atoms with Crippen LogP contribution < -0.4 is 11.1 Å². The Morgan fingerprint density at radius 2 is 2.00 bits per heavy atom. The first kappa shape index (κ1) is 14.5. The van der Waals surface area contributed by atoms with Gasteiger partial charge in [-0.15, -0.1) is 0 Å². The number of aliphatic hydroxyl groups is 1. The number of fused-ring (bicyclic) bond motifs is 1. The summed E-state index contributed by atoms with van der Waals surface area (Å²) in [6.07, 6.45) is 0.721. The molecule has 4 N–H and O–H groups in total. The molecule has 5 nitrogen and oxygen atoms in total. The maximum Gasteiger partial charge on any atom is 0.222 e. The predicted octanol–water partition coefficient (Wildman–Crippen LogP) is 2.42. The van der Waals surface area contributed by atoms with Crippen molar-refractivity contribution in [2.75, 3.05) is 17.6 Å². The average Bonchev–Trinajstić information content (AvgIpc) is 2.34. The van der Waals surface area contributed by atoms with E-state index in [4.69, 9.17) is 5.73 Å². The Labute approximate surface area is 119 Å². The third-order valence-electron chi connectivity index (χ3n) is 3.11. The van der Waals surface area contributed by atoms with Gasteiger partial charge in [-0.3, -0.25) is 0 Å². The highest BCUT2D eigenvalue weighted by Gasteiger charge is 2.22. The molecule has 1 heterocycles. The van der Waals surface area contributed by atoms with Crippen molar-refractivity contribution in [3.63, 3.8) is 0 Å². The summed E-state index contributed by atoms with van der Waals surface area (Å²) in [7, 11) is 0. The van der Waals surface area contributed by atoms with Gasteiger partial charge in [-0.1, -0.05) is 26.0 Å². The standard InChI is InChI=1S/C15H22N4O/c1-10(2)8-15(3,20)9-17-13-11-6-4-5-7-12(11)18-14(16)19-13/h4-7,10,20H,8-9H2,1-3H3,(H3,16,17,18,19). The van der Waals surface area contributed by atoms with Gasteiger partial charge in [0, 0.05) is 11.9 Å². The molecule has 108 valence electrons. The predicted molar refractivity (Wildman–Crippen MR) is 82.5 cm³/mol. The Morgan fingerprint density at radius 3 is 2.70 bits per heavy atom. The van der Waals surface area contributed by atoms with E-state index in [-0.39, 0.29) is 5.95 Å². The van der Waals surface area contributed by atoms with Crippen LogP contribution in [-0.4, -0.2) is 27.2 Å². The highest BCUT2D eigenvalue weighted by Crippen LogP contribution is 2.23. The zero-order valence-corrected chi connectivity index (χ0v) is 12.2. The summed E-state index contributed by atoms with van der Waals surface area (Å²) in [5.74, 6) is 1.32. The Bertz CT molecular complexity index is 595. The van der Waals surface area contributed by atoms with E-state index < -0.39 is 5.60 Å². The van der Waals surface area contributed by atoms with Crippen molar-refractivity contribution < 1.29 is 5.11 Å². The lowest BCUT2D eigenvalue weighted by molar-refractivity contribution is 0.0515. The molecule has 0 bridgehead atoms. The van der Waals surface area contributed by atoms with Gasteiger partial charge in [-0.05, 0) is 31.4 Å². The van der Waals surface area contributed by atoms with E-state index >= 15 is 0 Å². The number of nitrogen functional groups attached to an aromatic ring is 1.